The molecule has 2 aliphatic rings. The first-order valence-corrected chi connectivity index (χ1v) is 15.8. The predicted octanol–water partition coefficient (Wildman–Crippen LogP) is 6.38. The van der Waals surface area contributed by atoms with Crippen LogP contribution in [-0.2, 0) is 23.9 Å². The third-order valence-corrected chi connectivity index (χ3v) is 7.75. The van der Waals surface area contributed by atoms with E-state index in [0.717, 1.165) is 23.9 Å². The van der Waals surface area contributed by atoms with E-state index in [2.05, 4.69) is 36.5 Å². The van der Waals surface area contributed by atoms with Crippen molar-refractivity contribution in [3.63, 3.8) is 0 Å². The smallest absolute Gasteiger partial charge is 0.418 e. The lowest BCUT2D eigenvalue weighted by Gasteiger charge is -2.42. The summed E-state index contributed by atoms with van der Waals surface area (Å²) in [5, 5.41) is 17.0. The zero-order valence-corrected chi connectivity index (χ0v) is 27.6. The van der Waals surface area contributed by atoms with Crippen LogP contribution in [0.3, 0.4) is 0 Å². The lowest BCUT2D eigenvalue weighted by Crippen LogP contribution is -2.55. The molecule has 1 atom stereocenters. The van der Waals surface area contributed by atoms with Crippen molar-refractivity contribution in [1.29, 1.82) is 10.7 Å². The number of amides is 1. The van der Waals surface area contributed by atoms with E-state index in [-0.39, 0.29) is 54.4 Å². The fourth-order valence-electron chi connectivity index (χ4n) is 5.51. The zero-order valence-electron chi connectivity index (χ0n) is 27.6. The minimum atomic E-state index is -4.64. The number of hydrogen-bond acceptors (Lipinski definition) is 9. The lowest BCUT2D eigenvalue weighted by molar-refractivity contribution is -0.137. The Morgan fingerprint density at radius 1 is 1.17 bits per heavy atom. The van der Waals surface area contributed by atoms with E-state index in [0.29, 0.717) is 37.6 Å². The number of unbranched alkanes of at least 4 members (excludes halogenated alkanes) is 3. The second kappa shape index (κ2) is 18.0. The summed E-state index contributed by atoms with van der Waals surface area (Å²) in [6.07, 6.45) is 3.39. The average Bonchev–Trinajstić information content (AvgIpc) is 3.06. The van der Waals surface area contributed by atoms with Gasteiger partial charge in [0.25, 0.3) is 0 Å². The van der Waals surface area contributed by atoms with Gasteiger partial charge in [-0.2, -0.15) is 28.4 Å². The molecule has 0 radical (unpaired) electrons. The summed E-state index contributed by atoms with van der Waals surface area (Å²) in [5.74, 6) is 0.309. The van der Waals surface area contributed by atoms with Gasteiger partial charge in [-0.1, -0.05) is 60.0 Å². The van der Waals surface area contributed by atoms with E-state index in [1.807, 2.05) is 18.7 Å². The summed E-state index contributed by atoms with van der Waals surface area (Å²) in [6.45, 7) is 13.4. The van der Waals surface area contributed by atoms with Crippen molar-refractivity contribution < 1.29 is 22.7 Å². The van der Waals surface area contributed by atoms with Crippen molar-refractivity contribution in [1.82, 2.24) is 14.9 Å². The third-order valence-electron chi connectivity index (χ3n) is 7.75. The molecule has 2 aliphatic heterocycles. The van der Waals surface area contributed by atoms with Crippen LogP contribution < -0.4 is 20.3 Å². The normalized spacial score (nSPS) is 15.7. The standard InChI is InChI=1S/C25H27F3N8O2.C6H14.C2H6/c1-3-21(37)36-11-10-35(13-15(36)6-8-29)23-16-7-9-34(14-20(16)32-24(33-23)38-2)22-17(12-30)19(31)5-4-18(22)25(26,27)28;1-3-5-6-4-2;1-2/h3-5,12,15,30H,1,6-7,9-11,13-14,31H2,2H3;3-6H2,1-2H3;1-2H3. The number of aromatic nitrogens is 2. The highest BCUT2D eigenvalue weighted by atomic mass is 19.4. The summed E-state index contributed by atoms with van der Waals surface area (Å²) >= 11 is 0. The number of nitriles is 1. The number of fused-ring (bicyclic) bond motifs is 1. The zero-order chi connectivity index (χ0) is 34.4. The second-order valence-electron chi connectivity index (χ2n) is 10.6. The van der Waals surface area contributed by atoms with E-state index >= 15 is 0 Å². The van der Waals surface area contributed by atoms with E-state index in [1.54, 1.807) is 4.90 Å². The van der Waals surface area contributed by atoms with Gasteiger partial charge in [0.2, 0.25) is 5.91 Å². The highest BCUT2D eigenvalue weighted by Crippen LogP contribution is 2.42. The Bertz CT molecular complexity index is 1370. The fourth-order valence-corrected chi connectivity index (χ4v) is 5.51. The van der Waals surface area contributed by atoms with Crippen LogP contribution >= 0.6 is 0 Å². The van der Waals surface area contributed by atoms with Crippen LogP contribution in [0.15, 0.2) is 24.8 Å². The number of nitrogen functional groups attached to an aromatic ring is 1. The molecule has 0 aliphatic carbocycles. The maximum atomic E-state index is 13.9. The number of carbonyl (C=O) groups is 1. The van der Waals surface area contributed by atoms with E-state index in [4.69, 9.17) is 15.9 Å². The Labute approximate surface area is 270 Å². The Kier molecular flexibility index (Phi) is 14.8. The van der Waals surface area contributed by atoms with Gasteiger partial charge in [0.15, 0.2) is 0 Å². The SMILES string of the molecule is C=CC(=O)N1CCN(c2nc(OC)nc3c2CCN(c2c(C(F)(F)F)ccc(N)c2C=N)C3)CC1CC#N.CC.CCCCCC. The number of anilines is 3. The topological polar surface area (TPSA) is 135 Å². The molecule has 0 spiro atoms. The molecule has 0 saturated carbocycles. The molecule has 4 rings (SSSR count). The maximum absolute atomic E-state index is 13.9. The Hall–Kier alpha value is -4.34. The Morgan fingerprint density at radius 2 is 1.85 bits per heavy atom. The van der Waals surface area contributed by atoms with Gasteiger partial charge in [-0.15, -0.1) is 0 Å². The number of benzene rings is 1. The number of ether oxygens (including phenoxy) is 1. The van der Waals surface area contributed by atoms with Gasteiger partial charge in [0.1, 0.15) is 5.82 Å². The molecule has 2 aromatic rings. The molecule has 1 fully saturated rings. The van der Waals surface area contributed by atoms with Crippen molar-refractivity contribution in [3.8, 4) is 12.1 Å². The lowest BCUT2D eigenvalue weighted by atomic mass is 9.98. The molecule has 1 aromatic heterocycles. The van der Waals surface area contributed by atoms with Gasteiger partial charge in [0, 0.05) is 49.2 Å². The van der Waals surface area contributed by atoms with Crippen molar-refractivity contribution in [2.45, 2.75) is 85.0 Å². The second-order valence-corrected chi connectivity index (χ2v) is 10.6. The average molecular weight is 645 g/mol. The summed E-state index contributed by atoms with van der Waals surface area (Å²) in [5.41, 5.74) is 6.21. The summed E-state index contributed by atoms with van der Waals surface area (Å²) in [4.78, 5) is 26.4. The number of alkyl halides is 3. The van der Waals surface area contributed by atoms with Crippen molar-refractivity contribution in [3.05, 3.63) is 47.2 Å². The molecular formula is C33H47F3N8O2. The molecule has 1 aromatic carbocycles. The van der Waals surface area contributed by atoms with Gasteiger partial charge in [-0.05, 0) is 24.6 Å². The molecule has 1 unspecified atom stereocenters. The molecule has 0 bridgehead atoms. The first kappa shape index (κ1) is 37.8. The summed E-state index contributed by atoms with van der Waals surface area (Å²) in [6, 6.07) is 3.88. The number of nitrogens with zero attached hydrogens (tertiary/aromatic N) is 6. The van der Waals surface area contributed by atoms with Crippen LogP contribution in [0, 0.1) is 16.7 Å². The third kappa shape index (κ3) is 9.11. The first-order valence-electron chi connectivity index (χ1n) is 15.8. The van der Waals surface area contributed by atoms with Crippen molar-refractivity contribution >= 4 is 29.3 Å². The first-order chi connectivity index (χ1) is 22.0. The largest absolute Gasteiger partial charge is 0.467 e. The molecular weight excluding hydrogens is 597 g/mol. The van der Waals surface area contributed by atoms with Crippen molar-refractivity contribution in [2.24, 2.45) is 0 Å². The van der Waals surface area contributed by atoms with Crippen LogP contribution in [0.2, 0.25) is 0 Å². The molecule has 10 nitrogen and oxygen atoms in total. The Morgan fingerprint density at radius 3 is 2.39 bits per heavy atom. The number of methoxy groups -OCH3 is 1. The monoisotopic (exact) mass is 644 g/mol. The minimum absolute atomic E-state index is 0.00753. The number of piperazine rings is 1. The molecule has 46 heavy (non-hydrogen) atoms. The number of nitrogens with one attached hydrogen (secondary N) is 1. The van der Waals surface area contributed by atoms with Gasteiger partial charge < -0.3 is 30.6 Å². The maximum Gasteiger partial charge on any atom is 0.418 e. The molecule has 1 amide bonds. The molecule has 252 valence electrons. The van der Waals surface area contributed by atoms with E-state index in [9.17, 15) is 23.2 Å². The molecule has 13 heteroatoms. The molecule has 3 heterocycles. The van der Waals surface area contributed by atoms with Crippen LogP contribution in [-0.4, -0.2) is 66.3 Å². The summed E-state index contributed by atoms with van der Waals surface area (Å²) < 4.78 is 47.1. The number of carbonyl (C=O) groups excluding carboxylic acids is 1. The Balaban J connectivity index is 0.000000826. The van der Waals surface area contributed by atoms with Crippen LogP contribution in [0.5, 0.6) is 6.01 Å². The minimum Gasteiger partial charge on any atom is -0.467 e. The van der Waals surface area contributed by atoms with Crippen LogP contribution in [0.4, 0.5) is 30.4 Å². The highest BCUT2D eigenvalue weighted by Gasteiger charge is 2.38. The molecule has 3 N–H and O–H groups in total. The van der Waals surface area contributed by atoms with E-state index in [1.165, 1.54) is 43.8 Å². The van der Waals surface area contributed by atoms with Crippen LogP contribution in [0.25, 0.3) is 0 Å². The molecule has 1 saturated heterocycles. The summed E-state index contributed by atoms with van der Waals surface area (Å²) in [7, 11) is 1.40. The highest BCUT2D eigenvalue weighted by molar-refractivity contribution is 5.94. The number of hydrogen-bond donors (Lipinski definition) is 2. The van der Waals surface area contributed by atoms with Gasteiger partial charge in [0.05, 0.1) is 49.1 Å². The predicted molar refractivity (Wildman–Crippen MR) is 176 cm³/mol. The fraction of sp³-hybridized carbons (Fsp3) is 0.545. The number of rotatable bonds is 9. The quantitative estimate of drug-likeness (QED) is 0.139. The van der Waals surface area contributed by atoms with Crippen molar-refractivity contribution in [2.75, 3.05) is 48.8 Å². The van der Waals surface area contributed by atoms with Gasteiger partial charge in [-0.25, -0.2) is 0 Å². The van der Waals surface area contributed by atoms with Gasteiger partial charge >= 0.3 is 12.2 Å². The number of nitrogens with two attached hydrogens (primary N) is 1. The van der Waals surface area contributed by atoms with Crippen LogP contribution in [0.1, 0.15) is 82.2 Å². The number of halogens is 3. The van der Waals surface area contributed by atoms with Gasteiger partial charge in [-0.3, -0.25) is 4.79 Å². The van der Waals surface area contributed by atoms with E-state index < -0.39 is 11.7 Å².